The zero-order valence-corrected chi connectivity index (χ0v) is 29.8. The van der Waals surface area contributed by atoms with Gasteiger partial charge in [-0.1, -0.05) is 28.2 Å². The van der Waals surface area contributed by atoms with Gasteiger partial charge in [0, 0.05) is 19.3 Å². The van der Waals surface area contributed by atoms with E-state index < -0.39 is 17.9 Å². The van der Waals surface area contributed by atoms with Crippen LogP contribution in [-0.4, -0.2) is 134 Å². The molecule has 0 unspecified atom stereocenters. The third kappa shape index (κ3) is 39.7. The number of hydrogen-bond donors (Lipinski definition) is 2. The summed E-state index contributed by atoms with van der Waals surface area (Å²) in [5, 5.41) is 10.3. The zero-order valence-electron chi connectivity index (χ0n) is 29.8. The predicted octanol–water partition coefficient (Wildman–Crippen LogP) is 1.57. The standard InChI is InChI=1S/C11H19NO5.C9H15NO3.C8H15NO4.C3H6O2.CH4/c1-4-9(13)12(7-10(14)16-5-2)8-11(15)17-6-3;1-4-9(13)10(5-7(2)11)6-8(3)12;1-3-12-7(10)5-9-6-8(11)13-4-2;1-2-3(4)5;/h4-8H2,1-3H3;4-6H2,1-3H3;9H,3-6H2,1-2H3;2H2,1H3,(H,4,5);1H4. The fourth-order valence-corrected chi connectivity index (χ4v) is 2.86. The molecule has 0 aliphatic carbocycles. The van der Waals surface area contributed by atoms with Crippen molar-refractivity contribution in [1.29, 1.82) is 0 Å². The van der Waals surface area contributed by atoms with E-state index in [9.17, 15) is 43.2 Å². The van der Waals surface area contributed by atoms with Gasteiger partial charge >= 0.3 is 29.8 Å². The minimum atomic E-state index is -0.745. The molecule has 286 valence electrons. The molecule has 0 saturated carbocycles. The Morgan fingerprint density at radius 1 is 0.490 bits per heavy atom. The van der Waals surface area contributed by atoms with Crippen LogP contribution in [0.5, 0.6) is 0 Å². The van der Waals surface area contributed by atoms with Gasteiger partial charge in [-0.15, -0.1) is 0 Å². The second-order valence-electron chi connectivity index (χ2n) is 9.18. The van der Waals surface area contributed by atoms with Crippen LogP contribution in [0, 0.1) is 0 Å². The van der Waals surface area contributed by atoms with Gasteiger partial charge in [-0.05, 0) is 41.5 Å². The number of nitrogens with zero attached hydrogens (tertiary/aromatic N) is 2. The number of Topliss-reactive ketones (excluding diaryl/α,β-unsaturated/α-hetero) is 2. The number of hydrogen-bond acceptors (Lipinski definition) is 14. The molecule has 0 aromatic carbocycles. The molecule has 0 radical (unpaired) electrons. The average Bonchev–Trinajstić information content (AvgIpc) is 3.00. The molecule has 0 spiro atoms. The van der Waals surface area contributed by atoms with Gasteiger partial charge in [0.05, 0.1) is 52.6 Å². The topological polar surface area (TPSA) is 229 Å². The van der Waals surface area contributed by atoms with E-state index in [1.165, 1.54) is 18.7 Å². The van der Waals surface area contributed by atoms with Gasteiger partial charge in [0.15, 0.2) is 0 Å². The largest absolute Gasteiger partial charge is 0.481 e. The van der Waals surface area contributed by atoms with Crippen LogP contribution in [0.25, 0.3) is 0 Å². The number of aliphatic carboxylic acids is 1. The van der Waals surface area contributed by atoms with Gasteiger partial charge in [-0.25, -0.2) is 0 Å². The number of rotatable bonds is 19. The monoisotopic (exact) mass is 709 g/mol. The lowest BCUT2D eigenvalue weighted by molar-refractivity contribution is -0.154. The lowest BCUT2D eigenvalue weighted by atomic mass is 10.3. The molecule has 2 N–H and O–H groups in total. The number of carboxylic acids is 1. The summed E-state index contributed by atoms with van der Waals surface area (Å²) in [5.41, 5.74) is 0. The molecule has 0 fully saturated rings. The smallest absolute Gasteiger partial charge is 0.325 e. The van der Waals surface area contributed by atoms with E-state index >= 15 is 0 Å². The molecule has 0 bridgehead atoms. The van der Waals surface area contributed by atoms with E-state index in [-0.39, 0.29) is 108 Å². The minimum Gasteiger partial charge on any atom is -0.481 e. The first-order valence-corrected chi connectivity index (χ1v) is 15.6. The first-order chi connectivity index (χ1) is 22.5. The number of ketones is 2. The van der Waals surface area contributed by atoms with Crippen molar-refractivity contribution >= 4 is 53.2 Å². The third-order valence-electron chi connectivity index (χ3n) is 4.84. The van der Waals surface area contributed by atoms with Crippen molar-refractivity contribution in [2.75, 3.05) is 65.7 Å². The van der Waals surface area contributed by atoms with Crippen molar-refractivity contribution in [2.24, 2.45) is 0 Å². The molecule has 0 atom stereocenters. The van der Waals surface area contributed by atoms with Gasteiger partial charge < -0.3 is 33.9 Å². The number of amides is 2. The Bertz CT molecular complexity index is 948. The van der Waals surface area contributed by atoms with E-state index in [4.69, 9.17) is 14.6 Å². The quantitative estimate of drug-likeness (QED) is 0.143. The Hall–Kier alpha value is -4.41. The summed E-state index contributed by atoms with van der Waals surface area (Å²) >= 11 is 0. The van der Waals surface area contributed by atoms with Crippen molar-refractivity contribution < 1.29 is 67.2 Å². The van der Waals surface area contributed by atoms with E-state index in [1.807, 2.05) is 0 Å². The molecule has 0 aliphatic rings. The normalized spacial score (nSPS) is 9.08. The van der Waals surface area contributed by atoms with Crippen molar-refractivity contribution in [3.63, 3.8) is 0 Å². The number of carbonyl (C=O) groups excluding carboxylic acids is 8. The van der Waals surface area contributed by atoms with Crippen molar-refractivity contribution in [2.45, 2.75) is 89.0 Å². The number of carbonyl (C=O) groups is 9. The second kappa shape index (κ2) is 36.4. The Balaban J connectivity index is -0.000000184. The highest BCUT2D eigenvalue weighted by atomic mass is 16.5. The van der Waals surface area contributed by atoms with Gasteiger partial charge in [0.25, 0.3) is 0 Å². The fraction of sp³-hybridized carbons (Fsp3) is 0.719. The summed E-state index contributed by atoms with van der Waals surface area (Å²) < 4.78 is 18.7. The van der Waals surface area contributed by atoms with Gasteiger partial charge in [0.1, 0.15) is 24.7 Å². The Labute approximate surface area is 290 Å². The first kappa shape index (κ1) is 54.1. The molecule has 0 aromatic rings. The van der Waals surface area contributed by atoms with Gasteiger partial charge in [0.2, 0.25) is 11.8 Å². The van der Waals surface area contributed by atoms with Crippen LogP contribution < -0.4 is 5.32 Å². The summed E-state index contributed by atoms with van der Waals surface area (Å²) in [6, 6.07) is 0. The van der Waals surface area contributed by atoms with Crippen LogP contribution in [0.2, 0.25) is 0 Å². The van der Waals surface area contributed by atoms with Crippen molar-refractivity contribution in [3.05, 3.63) is 0 Å². The highest BCUT2D eigenvalue weighted by Gasteiger charge is 2.20. The summed E-state index contributed by atoms with van der Waals surface area (Å²) in [4.78, 5) is 100.0. The maximum atomic E-state index is 11.5. The second-order valence-corrected chi connectivity index (χ2v) is 9.18. The van der Waals surface area contributed by atoms with Crippen LogP contribution >= 0.6 is 0 Å². The van der Waals surface area contributed by atoms with E-state index in [1.54, 1.807) is 48.5 Å². The fourth-order valence-electron chi connectivity index (χ4n) is 2.86. The number of ether oxygens (including phenoxy) is 4. The molecule has 2 amide bonds. The summed E-state index contributed by atoms with van der Waals surface area (Å²) in [6.07, 6.45) is 0.763. The minimum absolute atomic E-state index is 0. The van der Waals surface area contributed by atoms with Gasteiger partial charge in [-0.3, -0.25) is 48.5 Å². The van der Waals surface area contributed by atoms with Crippen LogP contribution in [0.3, 0.4) is 0 Å². The molecule has 17 nitrogen and oxygen atoms in total. The lowest BCUT2D eigenvalue weighted by Crippen LogP contribution is -2.40. The molecular formula is C32H59N3O14. The Morgan fingerprint density at radius 3 is 0.980 bits per heavy atom. The van der Waals surface area contributed by atoms with Crippen molar-refractivity contribution in [3.8, 4) is 0 Å². The lowest BCUT2D eigenvalue weighted by Gasteiger charge is -2.19. The SMILES string of the molecule is C.CCC(=O)N(CC(C)=O)CC(C)=O.CCC(=O)O.CCOC(=O)CN(CC(=O)OCC)C(=O)CC.CCOC(=O)CNCC(=O)OCC. The molecule has 49 heavy (non-hydrogen) atoms. The van der Waals surface area contributed by atoms with Crippen molar-refractivity contribution in [1.82, 2.24) is 15.1 Å². The van der Waals surface area contributed by atoms with E-state index in [0.29, 0.717) is 19.6 Å². The summed E-state index contributed by atoms with van der Waals surface area (Å²) in [6.45, 7) is 15.4. The Morgan fingerprint density at radius 2 is 0.755 bits per heavy atom. The zero-order chi connectivity index (χ0) is 38.1. The highest BCUT2D eigenvalue weighted by molar-refractivity contribution is 5.89. The average molecular weight is 710 g/mol. The third-order valence-corrected chi connectivity index (χ3v) is 4.84. The molecule has 0 rings (SSSR count). The number of nitrogens with one attached hydrogen (secondary N) is 1. The molecule has 0 heterocycles. The van der Waals surface area contributed by atoms with E-state index in [0.717, 1.165) is 4.90 Å². The molecular weight excluding hydrogens is 650 g/mol. The summed E-state index contributed by atoms with van der Waals surface area (Å²) in [5.74, 6) is -3.21. The molecule has 0 saturated heterocycles. The summed E-state index contributed by atoms with van der Waals surface area (Å²) in [7, 11) is 0. The van der Waals surface area contributed by atoms with Crippen LogP contribution in [0.4, 0.5) is 0 Å². The van der Waals surface area contributed by atoms with E-state index in [2.05, 4.69) is 14.8 Å². The molecule has 0 aromatic heterocycles. The predicted molar refractivity (Wildman–Crippen MR) is 179 cm³/mol. The maximum Gasteiger partial charge on any atom is 0.325 e. The van der Waals surface area contributed by atoms with Crippen LogP contribution in [-0.2, 0) is 62.1 Å². The van der Waals surface area contributed by atoms with Crippen LogP contribution in [0.1, 0.15) is 89.0 Å². The van der Waals surface area contributed by atoms with Gasteiger partial charge in [-0.2, -0.15) is 0 Å². The first-order valence-electron chi connectivity index (χ1n) is 15.6. The number of esters is 4. The Kier molecular flexibility index (Phi) is 40.2. The van der Waals surface area contributed by atoms with Crippen LogP contribution in [0.15, 0.2) is 0 Å². The molecule has 17 heteroatoms. The molecule has 0 aliphatic heterocycles. The maximum absolute atomic E-state index is 11.5. The highest BCUT2D eigenvalue weighted by Crippen LogP contribution is 1.97. The number of carboxylic acid groups (broad SMARTS) is 1.